The minimum atomic E-state index is -6.81. The molecule has 0 aromatic rings. The van der Waals surface area contributed by atoms with Crippen molar-refractivity contribution in [3.63, 3.8) is 0 Å². The molecule has 0 aromatic carbocycles. The molecule has 0 aliphatic heterocycles. The molecule has 0 amide bonds. The number of rotatable bonds is 5. The molecular formula is C15H16F9O-. The van der Waals surface area contributed by atoms with E-state index in [0.29, 0.717) is 19.3 Å². The molecule has 1 atom stereocenters. The zero-order chi connectivity index (χ0) is 19.1. The van der Waals surface area contributed by atoms with Crippen LogP contribution in [0.5, 0.6) is 0 Å². The summed E-state index contributed by atoms with van der Waals surface area (Å²) in [4.78, 5) is 0. The van der Waals surface area contributed by atoms with E-state index >= 15 is 0 Å². The zero-order valence-electron chi connectivity index (χ0n) is 12.9. The molecule has 4 fully saturated rings. The van der Waals surface area contributed by atoms with E-state index in [0.717, 1.165) is 0 Å². The highest BCUT2D eigenvalue weighted by molar-refractivity contribution is 5.15. The number of alkyl halides is 9. The molecule has 0 radical (unpaired) electrons. The van der Waals surface area contributed by atoms with Crippen molar-refractivity contribution >= 4 is 0 Å². The molecule has 4 bridgehead atoms. The van der Waals surface area contributed by atoms with Gasteiger partial charge in [0, 0.05) is 5.41 Å². The van der Waals surface area contributed by atoms with Gasteiger partial charge in [-0.05, 0) is 56.3 Å². The van der Waals surface area contributed by atoms with Gasteiger partial charge in [-0.1, -0.05) is 0 Å². The fraction of sp³-hybridized carbons (Fsp3) is 1.00. The summed E-state index contributed by atoms with van der Waals surface area (Å²) >= 11 is 0. The van der Waals surface area contributed by atoms with E-state index in [4.69, 9.17) is 0 Å². The second kappa shape index (κ2) is 5.19. The van der Waals surface area contributed by atoms with Crippen LogP contribution in [0.4, 0.5) is 39.5 Å². The van der Waals surface area contributed by atoms with Crippen LogP contribution in [0.1, 0.15) is 38.5 Å². The third-order valence-corrected chi connectivity index (χ3v) is 6.20. The minimum Gasteiger partial charge on any atom is -0.822 e. The highest BCUT2D eigenvalue weighted by Gasteiger charge is 2.85. The maximum Gasteiger partial charge on any atom is 0.379 e. The summed E-state index contributed by atoms with van der Waals surface area (Å²) in [5.74, 6) is -26.3. The van der Waals surface area contributed by atoms with Gasteiger partial charge in [0.15, 0.2) is 0 Å². The topological polar surface area (TPSA) is 23.1 Å². The average Bonchev–Trinajstić information content (AvgIpc) is 2.44. The Morgan fingerprint density at radius 2 is 1.08 bits per heavy atom. The van der Waals surface area contributed by atoms with Crippen molar-refractivity contribution < 1.29 is 44.6 Å². The zero-order valence-corrected chi connectivity index (χ0v) is 12.9. The molecule has 146 valence electrons. The molecule has 0 spiro atoms. The Labute approximate surface area is 137 Å². The minimum absolute atomic E-state index is 0.338. The molecule has 1 unspecified atom stereocenters. The van der Waals surface area contributed by atoms with Gasteiger partial charge in [-0.25, -0.2) is 0 Å². The lowest BCUT2D eigenvalue weighted by Crippen LogP contribution is -2.71. The van der Waals surface area contributed by atoms with Crippen LogP contribution < -0.4 is 5.11 Å². The van der Waals surface area contributed by atoms with Crippen molar-refractivity contribution in [2.24, 2.45) is 23.2 Å². The fourth-order valence-corrected chi connectivity index (χ4v) is 5.38. The van der Waals surface area contributed by atoms with E-state index in [1.54, 1.807) is 0 Å². The van der Waals surface area contributed by atoms with E-state index < -0.39 is 54.7 Å². The van der Waals surface area contributed by atoms with E-state index in [9.17, 15) is 44.6 Å². The van der Waals surface area contributed by atoms with Gasteiger partial charge in [0.2, 0.25) is 0 Å². The van der Waals surface area contributed by atoms with Crippen LogP contribution in [0.15, 0.2) is 0 Å². The van der Waals surface area contributed by atoms with Crippen LogP contribution >= 0.6 is 0 Å². The molecule has 4 rings (SSSR count). The fourth-order valence-electron chi connectivity index (χ4n) is 5.38. The van der Waals surface area contributed by atoms with Gasteiger partial charge < -0.3 is 5.11 Å². The lowest BCUT2D eigenvalue weighted by atomic mass is 9.47. The Morgan fingerprint density at radius 1 is 0.720 bits per heavy atom. The Morgan fingerprint density at radius 3 is 1.40 bits per heavy atom. The quantitative estimate of drug-likeness (QED) is 0.646. The predicted molar refractivity (Wildman–Crippen MR) is 65.3 cm³/mol. The summed E-state index contributed by atoms with van der Waals surface area (Å²) in [7, 11) is 0. The second-order valence-corrected chi connectivity index (χ2v) is 7.86. The smallest absolute Gasteiger partial charge is 0.379 e. The lowest BCUT2D eigenvalue weighted by molar-refractivity contribution is -0.532. The van der Waals surface area contributed by atoms with Crippen molar-refractivity contribution in [2.75, 3.05) is 0 Å². The molecule has 25 heavy (non-hydrogen) atoms. The highest BCUT2D eigenvalue weighted by atomic mass is 19.4. The summed E-state index contributed by atoms with van der Waals surface area (Å²) in [6, 6.07) is 0. The van der Waals surface area contributed by atoms with Crippen LogP contribution in [0, 0.1) is 23.2 Å². The first-order valence-electron chi connectivity index (χ1n) is 7.99. The molecule has 0 heterocycles. The van der Waals surface area contributed by atoms with Crippen LogP contribution in [0.3, 0.4) is 0 Å². The summed E-state index contributed by atoms with van der Waals surface area (Å²) in [6.07, 6.45) is -4.73. The van der Waals surface area contributed by atoms with Gasteiger partial charge in [0.25, 0.3) is 0 Å². The predicted octanol–water partition coefficient (Wildman–Crippen LogP) is 4.40. The Hall–Kier alpha value is -0.670. The van der Waals surface area contributed by atoms with Gasteiger partial charge in [-0.2, -0.15) is 35.1 Å². The van der Waals surface area contributed by atoms with Crippen molar-refractivity contribution in [1.82, 2.24) is 0 Å². The van der Waals surface area contributed by atoms with E-state index in [1.807, 2.05) is 0 Å². The lowest BCUT2D eigenvalue weighted by Gasteiger charge is -2.60. The van der Waals surface area contributed by atoms with Crippen molar-refractivity contribution in [3.8, 4) is 0 Å². The highest BCUT2D eigenvalue weighted by Crippen LogP contribution is 2.69. The molecule has 0 saturated heterocycles. The first-order chi connectivity index (χ1) is 11.2. The SMILES string of the molecule is [O-]C(F)C(F)(F)C(F)(F)C(F)(F)C(F)(F)C12CC3CC(CC(C3)C1)C2. The third-order valence-electron chi connectivity index (χ3n) is 6.20. The van der Waals surface area contributed by atoms with Gasteiger partial charge >= 0.3 is 23.7 Å². The molecule has 0 N–H and O–H groups in total. The number of halogens is 9. The molecule has 4 aliphatic carbocycles. The molecular weight excluding hydrogens is 367 g/mol. The second-order valence-electron chi connectivity index (χ2n) is 7.86. The monoisotopic (exact) mass is 383 g/mol. The van der Waals surface area contributed by atoms with Crippen LogP contribution in [0.2, 0.25) is 0 Å². The summed E-state index contributed by atoms with van der Waals surface area (Å²) < 4.78 is 123. The largest absolute Gasteiger partial charge is 0.822 e. The Balaban J connectivity index is 2.01. The maximum absolute atomic E-state index is 14.6. The van der Waals surface area contributed by atoms with E-state index in [2.05, 4.69) is 0 Å². The van der Waals surface area contributed by atoms with Gasteiger partial charge in [0.1, 0.15) is 0 Å². The van der Waals surface area contributed by atoms with Gasteiger partial charge in [0.05, 0.1) is 6.36 Å². The van der Waals surface area contributed by atoms with Gasteiger partial charge in [-0.3, -0.25) is 4.39 Å². The first-order valence-corrected chi connectivity index (χ1v) is 7.99. The maximum atomic E-state index is 14.6. The normalized spacial score (nSPS) is 37.4. The number of hydrogen-bond donors (Lipinski definition) is 0. The molecule has 0 aromatic heterocycles. The van der Waals surface area contributed by atoms with Crippen molar-refractivity contribution in [3.05, 3.63) is 0 Å². The summed E-state index contributed by atoms with van der Waals surface area (Å²) in [5, 5.41) is 10.1. The summed E-state index contributed by atoms with van der Waals surface area (Å²) in [5.41, 5.74) is -2.53. The van der Waals surface area contributed by atoms with Crippen LogP contribution in [0.25, 0.3) is 0 Å². The molecule has 1 nitrogen and oxygen atoms in total. The van der Waals surface area contributed by atoms with Crippen molar-refractivity contribution in [2.45, 2.75) is 68.6 Å². The summed E-state index contributed by atoms with van der Waals surface area (Å²) in [6.45, 7) is 0. The standard InChI is InChI=1S/C15H16F9O/c16-10(25)12(17,18)14(21,22)15(23,24)13(19,20)11-4-7-1-8(5-11)3-9(2-7)6-11/h7-10H,1-6H2/q-1. The Kier molecular flexibility index (Phi) is 3.97. The molecule has 10 heteroatoms. The van der Waals surface area contributed by atoms with Crippen LogP contribution in [-0.2, 0) is 0 Å². The van der Waals surface area contributed by atoms with E-state index in [-0.39, 0.29) is 17.8 Å². The van der Waals surface area contributed by atoms with E-state index in [1.165, 1.54) is 0 Å². The van der Waals surface area contributed by atoms with Crippen molar-refractivity contribution in [1.29, 1.82) is 0 Å². The first kappa shape index (κ1) is 19.1. The molecule has 4 aliphatic rings. The average molecular weight is 383 g/mol. The molecule has 4 saturated carbocycles. The van der Waals surface area contributed by atoms with Gasteiger partial charge in [-0.15, -0.1) is 0 Å². The Bertz CT molecular complexity index is 508. The van der Waals surface area contributed by atoms with Crippen LogP contribution in [-0.4, -0.2) is 30.0 Å². The number of hydrogen-bond acceptors (Lipinski definition) is 1. The third kappa shape index (κ3) is 2.27.